The lowest BCUT2D eigenvalue weighted by Crippen LogP contribution is -2.65. The van der Waals surface area contributed by atoms with Gasteiger partial charge in [-0.15, -0.1) is 0 Å². The van der Waals surface area contributed by atoms with Crippen molar-refractivity contribution in [3.63, 3.8) is 0 Å². The van der Waals surface area contributed by atoms with E-state index >= 15 is 0 Å². The molecule has 2 aromatic rings. The Morgan fingerprint density at radius 1 is 1.02 bits per heavy atom. The molecule has 48 heavy (non-hydrogen) atoms. The SMILES string of the molecule is Cc1[nH]nc2c1C[C@]1(C)C3CC(c4ccoc4CN4CCOCC4)=C4[C@@H]5CC(C)(C)CC[C@]5(C(=O)O)CC[C@@]4(C)[C@]3(C)CC[C@H]1C2(C)C. The quantitative estimate of drug-likeness (QED) is 0.342. The molecule has 0 bridgehead atoms. The third-order valence-corrected chi connectivity index (χ3v) is 16.1. The van der Waals surface area contributed by atoms with Crippen LogP contribution in [0.4, 0.5) is 0 Å². The van der Waals surface area contributed by atoms with Crippen molar-refractivity contribution >= 4 is 11.5 Å². The molecular formula is C41H59N3O4. The maximum atomic E-state index is 13.6. The van der Waals surface area contributed by atoms with E-state index in [-0.39, 0.29) is 33.0 Å². The minimum Gasteiger partial charge on any atom is -0.481 e. The van der Waals surface area contributed by atoms with Gasteiger partial charge in [-0.3, -0.25) is 14.8 Å². The largest absolute Gasteiger partial charge is 0.481 e. The number of allylic oxidation sites excluding steroid dienone is 2. The van der Waals surface area contributed by atoms with Crippen LogP contribution in [0.5, 0.6) is 0 Å². The van der Waals surface area contributed by atoms with Crippen molar-refractivity contribution in [3.8, 4) is 0 Å². The number of hydrogen-bond acceptors (Lipinski definition) is 5. The van der Waals surface area contributed by atoms with E-state index in [1.807, 2.05) is 6.26 Å². The second-order valence-corrected chi connectivity index (χ2v) is 19.1. The van der Waals surface area contributed by atoms with Gasteiger partial charge in [0, 0.05) is 29.8 Å². The maximum absolute atomic E-state index is 13.6. The zero-order valence-corrected chi connectivity index (χ0v) is 30.9. The van der Waals surface area contributed by atoms with Crippen LogP contribution in [0.2, 0.25) is 0 Å². The van der Waals surface area contributed by atoms with Gasteiger partial charge in [0.25, 0.3) is 0 Å². The Labute approximate surface area is 287 Å². The summed E-state index contributed by atoms with van der Waals surface area (Å²) >= 11 is 0. The molecule has 2 N–H and O–H groups in total. The van der Waals surface area contributed by atoms with Crippen molar-refractivity contribution in [3.05, 3.63) is 46.2 Å². The average molecular weight is 658 g/mol. The minimum atomic E-state index is -0.691. The molecule has 1 saturated heterocycles. The fraction of sp³-hybridized carbons (Fsp3) is 0.756. The third kappa shape index (κ3) is 4.31. The van der Waals surface area contributed by atoms with Gasteiger partial charge in [0.05, 0.1) is 37.1 Å². The summed E-state index contributed by atoms with van der Waals surface area (Å²) in [7, 11) is 0. The van der Waals surface area contributed by atoms with Crippen molar-refractivity contribution in [1.82, 2.24) is 15.1 Å². The van der Waals surface area contributed by atoms with Gasteiger partial charge in [-0.2, -0.15) is 5.10 Å². The van der Waals surface area contributed by atoms with E-state index in [1.165, 1.54) is 46.5 Å². The van der Waals surface area contributed by atoms with Gasteiger partial charge in [-0.05, 0) is 121 Å². The van der Waals surface area contributed by atoms with Crippen LogP contribution >= 0.6 is 0 Å². The Bertz CT molecular complexity index is 1660. The fourth-order valence-corrected chi connectivity index (χ4v) is 13.2. The van der Waals surface area contributed by atoms with E-state index in [2.05, 4.69) is 71.5 Å². The number of carboxylic acid groups (broad SMARTS) is 1. The van der Waals surface area contributed by atoms with Crippen LogP contribution in [0, 0.1) is 51.8 Å². The number of carboxylic acids is 1. The smallest absolute Gasteiger partial charge is 0.310 e. The van der Waals surface area contributed by atoms with E-state index in [1.54, 1.807) is 0 Å². The Balaban J connectivity index is 1.35. The molecule has 4 fully saturated rings. The standard InChI is InChI=1S/C41H59N3O4/c1-25-28-22-38(6)31(37(4,5)34(28)43-42-25)9-11-39(7)32(38)21-27(26-10-18-48-30(26)24-44-16-19-47-20-17-44)33-29-23-36(2,3)12-14-41(29,35(45)46)15-13-40(33,39)8/h10,18,29,31-32H,9,11-17,19-24H2,1-8H3,(H,42,43)(H,45,46)/t29-,31-,32?,38-,39+,40+,41-/m0/s1. The molecule has 8 rings (SSSR count). The first-order chi connectivity index (χ1) is 22.6. The Morgan fingerprint density at radius 3 is 2.48 bits per heavy atom. The van der Waals surface area contributed by atoms with Gasteiger partial charge in [0.1, 0.15) is 5.76 Å². The molecule has 1 unspecified atom stereocenters. The normalized spacial score (nSPS) is 40.3. The number of morpholine rings is 1. The first-order valence-corrected chi connectivity index (χ1v) is 19.0. The van der Waals surface area contributed by atoms with Crippen molar-refractivity contribution in [2.24, 2.45) is 44.8 Å². The number of fused-ring (bicyclic) bond motifs is 8. The topological polar surface area (TPSA) is 91.6 Å². The van der Waals surface area contributed by atoms with E-state index in [0.29, 0.717) is 11.8 Å². The fourth-order valence-electron chi connectivity index (χ4n) is 13.2. The molecule has 0 aromatic carbocycles. The van der Waals surface area contributed by atoms with Crippen LogP contribution < -0.4 is 0 Å². The highest BCUT2D eigenvalue weighted by Crippen LogP contribution is 2.77. The van der Waals surface area contributed by atoms with Gasteiger partial charge < -0.3 is 14.3 Å². The monoisotopic (exact) mass is 657 g/mol. The Hall–Kier alpha value is -2.38. The number of aliphatic carboxylic acids is 1. The van der Waals surface area contributed by atoms with Gasteiger partial charge in [-0.1, -0.05) is 54.0 Å². The summed E-state index contributed by atoms with van der Waals surface area (Å²) in [6.07, 6.45) is 10.7. The lowest BCUT2D eigenvalue weighted by molar-refractivity contribution is -0.175. The molecule has 0 amide bonds. The van der Waals surface area contributed by atoms with Crippen LogP contribution in [-0.2, 0) is 27.9 Å². The van der Waals surface area contributed by atoms with Crippen molar-refractivity contribution in [2.75, 3.05) is 26.3 Å². The molecule has 3 heterocycles. The van der Waals surface area contributed by atoms with Gasteiger partial charge in [0.15, 0.2) is 0 Å². The average Bonchev–Trinajstić information content (AvgIpc) is 3.63. The molecule has 5 aliphatic carbocycles. The first kappa shape index (κ1) is 32.8. The van der Waals surface area contributed by atoms with Gasteiger partial charge >= 0.3 is 5.97 Å². The summed E-state index contributed by atoms with van der Waals surface area (Å²) in [5, 5.41) is 19.4. The van der Waals surface area contributed by atoms with Gasteiger partial charge in [0.2, 0.25) is 0 Å². The summed E-state index contributed by atoms with van der Waals surface area (Å²) in [5.74, 6) is 1.48. The molecule has 262 valence electrons. The summed E-state index contributed by atoms with van der Waals surface area (Å²) in [6, 6.07) is 2.23. The molecule has 7 nitrogen and oxygen atoms in total. The number of rotatable bonds is 4. The lowest BCUT2D eigenvalue weighted by atomic mass is 9.32. The number of nitrogens with zero attached hydrogens (tertiary/aromatic N) is 2. The van der Waals surface area contributed by atoms with E-state index in [9.17, 15) is 9.90 Å². The number of nitrogens with one attached hydrogen (secondary N) is 1. The highest BCUT2D eigenvalue weighted by atomic mass is 16.5. The van der Waals surface area contributed by atoms with Crippen LogP contribution in [-0.4, -0.2) is 52.5 Å². The first-order valence-electron chi connectivity index (χ1n) is 19.0. The highest BCUT2D eigenvalue weighted by Gasteiger charge is 2.70. The molecule has 3 saturated carbocycles. The van der Waals surface area contributed by atoms with Crippen LogP contribution in [0.15, 0.2) is 22.3 Å². The number of aryl methyl sites for hydroxylation is 1. The molecule has 2 aromatic heterocycles. The second-order valence-electron chi connectivity index (χ2n) is 19.1. The summed E-state index contributed by atoms with van der Waals surface area (Å²) in [4.78, 5) is 16.0. The summed E-state index contributed by atoms with van der Waals surface area (Å²) in [5.41, 5.74) is 7.54. The maximum Gasteiger partial charge on any atom is 0.310 e. The lowest BCUT2D eigenvalue weighted by Gasteiger charge is -2.71. The van der Waals surface area contributed by atoms with Crippen molar-refractivity contribution in [1.29, 1.82) is 0 Å². The zero-order chi connectivity index (χ0) is 34.1. The number of furan rings is 1. The molecule has 1 aliphatic heterocycles. The molecule has 6 aliphatic rings. The molecule has 7 heteroatoms. The van der Waals surface area contributed by atoms with Crippen molar-refractivity contribution in [2.45, 2.75) is 125 Å². The molecule has 0 spiro atoms. The number of carbonyl (C=O) groups is 1. The third-order valence-electron chi connectivity index (χ3n) is 16.1. The molecular weight excluding hydrogens is 598 g/mol. The number of H-pyrrole nitrogens is 1. The van der Waals surface area contributed by atoms with Crippen molar-refractivity contribution < 1.29 is 19.1 Å². The number of aromatic amines is 1. The molecule has 0 radical (unpaired) electrons. The van der Waals surface area contributed by atoms with Gasteiger partial charge in [-0.25, -0.2) is 0 Å². The summed E-state index contributed by atoms with van der Waals surface area (Å²) < 4.78 is 12.1. The predicted octanol–water partition coefficient (Wildman–Crippen LogP) is 8.57. The number of hydrogen-bond donors (Lipinski definition) is 2. The molecule has 7 atom stereocenters. The Kier molecular flexibility index (Phi) is 7.22. The number of ether oxygens (including phenoxy) is 1. The van der Waals surface area contributed by atoms with Crippen LogP contribution in [0.1, 0.15) is 128 Å². The highest BCUT2D eigenvalue weighted by molar-refractivity contribution is 5.80. The van der Waals surface area contributed by atoms with E-state index < -0.39 is 11.4 Å². The minimum absolute atomic E-state index is 0.0188. The predicted molar refractivity (Wildman–Crippen MR) is 187 cm³/mol. The van der Waals surface area contributed by atoms with E-state index in [0.717, 1.165) is 83.6 Å². The summed E-state index contributed by atoms with van der Waals surface area (Å²) in [6.45, 7) is 23.8. The van der Waals surface area contributed by atoms with E-state index in [4.69, 9.17) is 14.3 Å². The van der Waals surface area contributed by atoms with Crippen LogP contribution in [0.25, 0.3) is 5.57 Å². The zero-order valence-electron chi connectivity index (χ0n) is 30.9. The Morgan fingerprint density at radius 2 is 1.75 bits per heavy atom. The number of aromatic nitrogens is 2. The van der Waals surface area contributed by atoms with Crippen LogP contribution in [0.3, 0.4) is 0 Å². The second kappa shape index (κ2) is 10.6.